The lowest BCUT2D eigenvalue weighted by Crippen LogP contribution is -2.63. The minimum Gasteiger partial charge on any atom is -0.368 e. The smallest absolute Gasteiger partial charge is 0.235 e. The van der Waals surface area contributed by atoms with Gasteiger partial charge in [0.1, 0.15) is 0 Å². The molecule has 5 fully saturated rings. The van der Waals surface area contributed by atoms with Crippen molar-refractivity contribution in [2.24, 2.45) is 29.4 Å². The first kappa shape index (κ1) is 12.2. The van der Waals surface area contributed by atoms with Crippen LogP contribution in [0.3, 0.4) is 0 Å². The molecule has 0 aromatic carbocycles. The van der Waals surface area contributed by atoms with E-state index in [0.717, 1.165) is 49.3 Å². The van der Waals surface area contributed by atoms with Crippen LogP contribution in [0.4, 0.5) is 0 Å². The highest BCUT2D eigenvalue weighted by Gasteiger charge is 2.50. The van der Waals surface area contributed by atoms with Crippen molar-refractivity contribution in [2.75, 3.05) is 19.6 Å². The second-order valence-electron chi connectivity index (χ2n) is 7.33. The van der Waals surface area contributed by atoms with E-state index >= 15 is 0 Å². The summed E-state index contributed by atoms with van der Waals surface area (Å²) in [5.74, 6) is 3.67. The van der Waals surface area contributed by atoms with Crippen LogP contribution in [-0.4, -0.2) is 42.5 Å². The first-order chi connectivity index (χ1) is 9.20. The SMILES string of the molecule is NC(=O)C1CN(C2C3CC4CC(C3)CC2C4)CCN1. The fraction of sp³-hybridized carbons (Fsp3) is 0.933. The predicted molar refractivity (Wildman–Crippen MR) is 73.4 cm³/mol. The van der Waals surface area contributed by atoms with Crippen molar-refractivity contribution in [3.63, 3.8) is 0 Å². The highest BCUT2D eigenvalue weighted by molar-refractivity contribution is 5.80. The lowest BCUT2D eigenvalue weighted by atomic mass is 9.54. The standard InChI is InChI=1S/C15H25N3O/c16-15(19)13-8-18(2-1-17-13)14-11-4-9-3-10(6-11)7-12(14)5-9/h9-14,17H,1-8H2,(H2,16,19). The molecule has 4 aliphatic carbocycles. The van der Waals surface area contributed by atoms with E-state index in [0.29, 0.717) is 0 Å². The molecule has 5 rings (SSSR count). The van der Waals surface area contributed by atoms with Crippen LogP contribution in [0.2, 0.25) is 0 Å². The van der Waals surface area contributed by atoms with Crippen LogP contribution < -0.4 is 11.1 Å². The molecule has 0 radical (unpaired) electrons. The topological polar surface area (TPSA) is 58.4 Å². The van der Waals surface area contributed by atoms with E-state index in [1.807, 2.05) is 0 Å². The van der Waals surface area contributed by atoms with E-state index in [4.69, 9.17) is 5.73 Å². The van der Waals surface area contributed by atoms with Gasteiger partial charge >= 0.3 is 0 Å². The van der Waals surface area contributed by atoms with Crippen LogP contribution in [0, 0.1) is 23.7 Å². The summed E-state index contributed by atoms with van der Waals surface area (Å²) in [5.41, 5.74) is 5.48. The monoisotopic (exact) mass is 263 g/mol. The van der Waals surface area contributed by atoms with Gasteiger partial charge in [0, 0.05) is 25.7 Å². The van der Waals surface area contributed by atoms with Gasteiger partial charge in [0.05, 0.1) is 6.04 Å². The normalized spacial score (nSPS) is 49.5. The molecule has 1 unspecified atom stereocenters. The van der Waals surface area contributed by atoms with Crippen molar-refractivity contribution in [2.45, 2.75) is 44.2 Å². The number of nitrogens with two attached hydrogens (primary N) is 1. The Bertz CT molecular complexity index is 356. The van der Waals surface area contributed by atoms with Gasteiger partial charge in [0.15, 0.2) is 0 Å². The van der Waals surface area contributed by atoms with Gasteiger partial charge in [-0.1, -0.05) is 0 Å². The Kier molecular flexibility index (Phi) is 2.85. The molecule has 1 saturated heterocycles. The molecular formula is C15H25N3O. The molecule has 4 nitrogen and oxygen atoms in total. The number of rotatable bonds is 2. The summed E-state index contributed by atoms with van der Waals surface area (Å²) in [5, 5.41) is 3.25. The third kappa shape index (κ3) is 2.00. The maximum atomic E-state index is 11.4. The van der Waals surface area contributed by atoms with Gasteiger partial charge in [-0.05, 0) is 55.8 Å². The van der Waals surface area contributed by atoms with Crippen molar-refractivity contribution in [1.82, 2.24) is 10.2 Å². The summed E-state index contributed by atoms with van der Waals surface area (Å²) in [4.78, 5) is 14.0. The summed E-state index contributed by atoms with van der Waals surface area (Å²) in [6.45, 7) is 2.84. The Hall–Kier alpha value is -0.610. The zero-order valence-corrected chi connectivity index (χ0v) is 11.6. The van der Waals surface area contributed by atoms with Crippen molar-refractivity contribution in [1.29, 1.82) is 0 Å². The molecule has 0 aromatic rings. The van der Waals surface area contributed by atoms with Crippen LogP contribution in [0.1, 0.15) is 32.1 Å². The molecule has 5 aliphatic rings. The highest BCUT2D eigenvalue weighted by Crippen LogP contribution is 2.55. The Labute approximate surface area is 115 Å². The Morgan fingerprint density at radius 3 is 2.26 bits per heavy atom. The number of hydrogen-bond acceptors (Lipinski definition) is 3. The number of primary amides is 1. The molecule has 4 saturated carbocycles. The Morgan fingerprint density at radius 2 is 1.68 bits per heavy atom. The van der Waals surface area contributed by atoms with Crippen LogP contribution in [0.25, 0.3) is 0 Å². The lowest BCUT2D eigenvalue weighted by Gasteiger charge is -2.58. The summed E-state index contributed by atoms with van der Waals surface area (Å²) in [7, 11) is 0. The number of carbonyl (C=O) groups excluding carboxylic acids is 1. The van der Waals surface area contributed by atoms with Crippen LogP contribution in [-0.2, 0) is 4.79 Å². The van der Waals surface area contributed by atoms with Crippen LogP contribution in [0.15, 0.2) is 0 Å². The number of piperazine rings is 1. The van der Waals surface area contributed by atoms with E-state index in [2.05, 4.69) is 10.2 Å². The molecule has 0 aromatic heterocycles. The number of amides is 1. The Morgan fingerprint density at radius 1 is 1.05 bits per heavy atom. The number of carbonyl (C=O) groups is 1. The third-order valence-electron chi connectivity index (χ3n) is 6.15. The first-order valence-corrected chi connectivity index (χ1v) is 7.97. The van der Waals surface area contributed by atoms with Crippen LogP contribution >= 0.6 is 0 Å². The second kappa shape index (κ2) is 4.45. The van der Waals surface area contributed by atoms with Gasteiger partial charge in [-0.3, -0.25) is 9.69 Å². The molecule has 4 bridgehead atoms. The molecule has 1 aliphatic heterocycles. The van der Waals surface area contributed by atoms with Crippen LogP contribution in [0.5, 0.6) is 0 Å². The maximum Gasteiger partial charge on any atom is 0.235 e. The minimum absolute atomic E-state index is 0.133. The van der Waals surface area contributed by atoms with E-state index in [1.54, 1.807) is 0 Å². The fourth-order valence-corrected chi connectivity index (χ4v) is 5.73. The van der Waals surface area contributed by atoms with E-state index in [1.165, 1.54) is 32.1 Å². The van der Waals surface area contributed by atoms with E-state index < -0.39 is 0 Å². The molecule has 1 heterocycles. The van der Waals surface area contributed by atoms with Gasteiger partial charge in [0.25, 0.3) is 0 Å². The van der Waals surface area contributed by atoms with Crippen molar-refractivity contribution >= 4 is 5.91 Å². The molecule has 106 valence electrons. The predicted octanol–water partition coefficient (Wildman–Crippen LogP) is 0.570. The molecule has 19 heavy (non-hydrogen) atoms. The average molecular weight is 263 g/mol. The zero-order chi connectivity index (χ0) is 13.0. The molecule has 3 N–H and O–H groups in total. The largest absolute Gasteiger partial charge is 0.368 e. The molecule has 1 amide bonds. The molecule has 1 atom stereocenters. The highest BCUT2D eigenvalue weighted by atomic mass is 16.1. The van der Waals surface area contributed by atoms with Gasteiger partial charge in [-0.2, -0.15) is 0 Å². The average Bonchev–Trinajstić information content (AvgIpc) is 2.37. The number of nitrogens with one attached hydrogen (secondary N) is 1. The van der Waals surface area contributed by atoms with Crippen molar-refractivity contribution in [3.05, 3.63) is 0 Å². The van der Waals surface area contributed by atoms with Gasteiger partial charge in [-0.25, -0.2) is 0 Å². The quantitative estimate of drug-likeness (QED) is 0.766. The second-order valence-corrected chi connectivity index (χ2v) is 7.33. The summed E-state index contributed by atoms with van der Waals surface area (Å²) < 4.78 is 0. The van der Waals surface area contributed by atoms with Gasteiger partial charge in [0.2, 0.25) is 5.91 Å². The third-order valence-corrected chi connectivity index (χ3v) is 6.15. The van der Waals surface area contributed by atoms with E-state index in [-0.39, 0.29) is 11.9 Å². The number of nitrogens with zero attached hydrogens (tertiary/aromatic N) is 1. The Balaban J connectivity index is 1.51. The minimum atomic E-state index is -0.187. The lowest BCUT2D eigenvalue weighted by molar-refractivity contribution is -0.123. The maximum absolute atomic E-state index is 11.4. The summed E-state index contributed by atoms with van der Waals surface area (Å²) >= 11 is 0. The molecule has 4 heteroatoms. The summed E-state index contributed by atoms with van der Waals surface area (Å²) in [6.07, 6.45) is 7.29. The zero-order valence-electron chi connectivity index (χ0n) is 11.6. The molecule has 0 spiro atoms. The fourth-order valence-electron chi connectivity index (χ4n) is 5.73. The van der Waals surface area contributed by atoms with Crippen molar-refractivity contribution in [3.8, 4) is 0 Å². The first-order valence-electron chi connectivity index (χ1n) is 7.97. The summed E-state index contributed by atoms with van der Waals surface area (Å²) in [6, 6.07) is 0.614. The molecular weight excluding hydrogens is 238 g/mol. The van der Waals surface area contributed by atoms with Crippen molar-refractivity contribution < 1.29 is 4.79 Å². The number of hydrogen-bond donors (Lipinski definition) is 2. The van der Waals surface area contributed by atoms with E-state index in [9.17, 15) is 4.79 Å². The van der Waals surface area contributed by atoms with Gasteiger partial charge in [-0.15, -0.1) is 0 Å². The van der Waals surface area contributed by atoms with Gasteiger partial charge < -0.3 is 11.1 Å².